The summed E-state index contributed by atoms with van der Waals surface area (Å²) in [5.41, 5.74) is 3.19. The van der Waals surface area contributed by atoms with Crippen molar-refractivity contribution >= 4 is 65.2 Å². The highest BCUT2D eigenvalue weighted by Gasteiger charge is 2.13. The molecule has 4 heteroatoms. The molecule has 100 valence electrons. The van der Waals surface area contributed by atoms with Gasteiger partial charge in [0.1, 0.15) is 3.74 Å². The Hall–Kier alpha value is -0.460. The van der Waals surface area contributed by atoms with Gasteiger partial charge in [-0.1, -0.05) is 74.3 Å². The summed E-state index contributed by atoms with van der Waals surface area (Å²) in [4.78, 5) is 4.83. The Balaban J connectivity index is 2.36. The third kappa shape index (κ3) is 2.78. The van der Waals surface area contributed by atoms with Gasteiger partial charge in [0.05, 0.1) is 11.4 Å². The minimum Gasteiger partial charge on any atom is -0.250 e. The SMILES string of the molecule is BrC(Br)c1cc2ccccc2c(-c2ccccc2I)n1. The van der Waals surface area contributed by atoms with E-state index in [2.05, 4.69) is 109 Å². The summed E-state index contributed by atoms with van der Waals surface area (Å²) in [5, 5.41) is 2.39. The lowest BCUT2D eigenvalue weighted by Crippen LogP contribution is -1.94. The Morgan fingerprint density at radius 2 is 1.65 bits per heavy atom. The molecule has 0 saturated carbocycles. The van der Waals surface area contributed by atoms with Crippen LogP contribution in [0.1, 0.15) is 9.43 Å². The van der Waals surface area contributed by atoms with Crippen LogP contribution >= 0.6 is 54.5 Å². The molecule has 0 aliphatic carbocycles. The van der Waals surface area contributed by atoms with Crippen molar-refractivity contribution in [2.75, 3.05) is 0 Å². The topological polar surface area (TPSA) is 12.9 Å². The van der Waals surface area contributed by atoms with Crippen molar-refractivity contribution in [3.8, 4) is 11.3 Å². The van der Waals surface area contributed by atoms with Gasteiger partial charge < -0.3 is 0 Å². The molecule has 20 heavy (non-hydrogen) atoms. The smallest absolute Gasteiger partial charge is 0.112 e. The molecule has 1 aromatic heterocycles. The van der Waals surface area contributed by atoms with E-state index in [0.29, 0.717) is 0 Å². The van der Waals surface area contributed by atoms with Crippen LogP contribution in [-0.2, 0) is 0 Å². The highest BCUT2D eigenvalue weighted by molar-refractivity contribution is 14.1. The summed E-state index contributed by atoms with van der Waals surface area (Å²) >= 11 is 9.45. The van der Waals surface area contributed by atoms with E-state index in [1.807, 2.05) is 0 Å². The average molecular weight is 503 g/mol. The standard InChI is InChI=1S/C16H10Br2IN/c17-16(18)14-9-10-5-1-2-6-11(10)15(20-14)12-7-3-4-8-13(12)19/h1-9,16H. The van der Waals surface area contributed by atoms with Crippen LogP contribution in [0, 0.1) is 3.57 Å². The zero-order chi connectivity index (χ0) is 14.1. The van der Waals surface area contributed by atoms with Crippen molar-refractivity contribution in [2.24, 2.45) is 0 Å². The highest BCUT2D eigenvalue weighted by Crippen LogP contribution is 2.35. The number of aromatic nitrogens is 1. The van der Waals surface area contributed by atoms with Crippen molar-refractivity contribution in [3.05, 3.63) is 63.9 Å². The van der Waals surface area contributed by atoms with E-state index in [4.69, 9.17) is 4.98 Å². The molecule has 2 aromatic carbocycles. The number of hydrogen-bond donors (Lipinski definition) is 0. The maximum absolute atomic E-state index is 4.83. The second-order valence-corrected chi connectivity index (χ2v) is 8.62. The van der Waals surface area contributed by atoms with E-state index in [0.717, 1.165) is 11.4 Å². The van der Waals surface area contributed by atoms with Gasteiger partial charge >= 0.3 is 0 Å². The number of nitrogens with zero attached hydrogens (tertiary/aromatic N) is 1. The lowest BCUT2D eigenvalue weighted by molar-refractivity contribution is 1.20. The van der Waals surface area contributed by atoms with Crippen molar-refractivity contribution in [1.82, 2.24) is 4.98 Å². The zero-order valence-corrected chi connectivity index (χ0v) is 15.7. The van der Waals surface area contributed by atoms with E-state index in [1.54, 1.807) is 0 Å². The monoisotopic (exact) mass is 501 g/mol. The van der Waals surface area contributed by atoms with Crippen LogP contribution in [0.4, 0.5) is 0 Å². The molecule has 0 aliphatic rings. The summed E-state index contributed by atoms with van der Waals surface area (Å²) in [5.74, 6) is 0. The fraction of sp³-hybridized carbons (Fsp3) is 0.0625. The minimum absolute atomic E-state index is 0.0553. The number of pyridine rings is 1. The first-order valence-electron chi connectivity index (χ1n) is 6.09. The molecule has 0 amide bonds. The van der Waals surface area contributed by atoms with Gasteiger partial charge in [0, 0.05) is 14.5 Å². The Bertz CT molecular complexity index is 771. The Labute approximate surface area is 148 Å². The fourth-order valence-electron chi connectivity index (χ4n) is 2.19. The largest absolute Gasteiger partial charge is 0.250 e. The third-order valence-corrected chi connectivity index (χ3v) is 4.99. The van der Waals surface area contributed by atoms with Crippen LogP contribution in [0.2, 0.25) is 0 Å². The van der Waals surface area contributed by atoms with Gasteiger partial charge in [-0.05, 0) is 40.1 Å². The molecule has 0 radical (unpaired) electrons. The summed E-state index contributed by atoms with van der Waals surface area (Å²) in [6, 6.07) is 18.8. The molecule has 0 atom stereocenters. The van der Waals surface area contributed by atoms with Crippen molar-refractivity contribution in [1.29, 1.82) is 0 Å². The Kier molecular flexibility index (Phi) is 4.43. The molecule has 0 bridgehead atoms. The van der Waals surface area contributed by atoms with E-state index in [1.165, 1.54) is 19.9 Å². The van der Waals surface area contributed by atoms with E-state index >= 15 is 0 Å². The lowest BCUT2D eigenvalue weighted by Gasteiger charge is -2.11. The number of alkyl halides is 2. The molecule has 0 saturated heterocycles. The second-order valence-electron chi connectivity index (χ2n) is 4.40. The molecule has 0 aliphatic heterocycles. The predicted molar refractivity (Wildman–Crippen MR) is 100 cm³/mol. The second kappa shape index (κ2) is 6.12. The van der Waals surface area contributed by atoms with Crippen molar-refractivity contribution < 1.29 is 0 Å². The fourth-order valence-corrected chi connectivity index (χ4v) is 3.30. The van der Waals surface area contributed by atoms with E-state index in [9.17, 15) is 0 Å². The third-order valence-electron chi connectivity index (χ3n) is 3.11. The number of fused-ring (bicyclic) bond motifs is 1. The summed E-state index contributed by atoms with van der Waals surface area (Å²) in [7, 11) is 0. The van der Waals surface area contributed by atoms with Crippen LogP contribution in [0.25, 0.3) is 22.0 Å². The number of hydrogen-bond acceptors (Lipinski definition) is 1. The molecule has 3 aromatic rings. The van der Waals surface area contributed by atoms with Gasteiger partial charge in [-0.3, -0.25) is 4.98 Å². The highest BCUT2D eigenvalue weighted by atomic mass is 127. The average Bonchev–Trinajstić information content (AvgIpc) is 2.46. The molecule has 1 heterocycles. The van der Waals surface area contributed by atoms with Gasteiger partial charge in [0.2, 0.25) is 0 Å². The molecular weight excluding hydrogens is 493 g/mol. The lowest BCUT2D eigenvalue weighted by atomic mass is 10.0. The molecule has 0 fully saturated rings. The summed E-state index contributed by atoms with van der Waals surface area (Å²) in [6.45, 7) is 0. The normalized spacial score (nSPS) is 11.2. The van der Waals surface area contributed by atoms with E-state index in [-0.39, 0.29) is 3.74 Å². The molecular formula is C16H10Br2IN. The van der Waals surface area contributed by atoms with Gasteiger partial charge in [-0.15, -0.1) is 0 Å². The van der Waals surface area contributed by atoms with Crippen LogP contribution in [0.3, 0.4) is 0 Å². The van der Waals surface area contributed by atoms with Crippen LogP contribution in [0.15, 0.2) is 54.6 Å². The number of halogens is 3. The maximum atomic E-state index is 4.83. The molecule has 0 N–H and O–H groups in total. The van der Waals surface area contributed by atoms with Crippen LogP contribution < -0.4 is 0 Å². The van der Waals surface area contributed by atoms with Gasteiger partial charge in [-0.2, -0.15) is 0 Å². The minimum atomic E-state index is 0.0553. The molecule has 0 spiro atoms. The van der Waals surface area contributed by atoms with Gasteiger partial charge in [0.25, 0.3) is 0 Å². The Morgan fingerprint density at radius 3 is 2.40 bits per heavy atom. The van der Waals surface area contributed by atoms with E-state index < -0.39 is 0 Å². The van der Waals surface area contributed by atoms with Gasteiger partial charge in [-0.25, -0.2) is 0 Å². The number of rotatable bonds is 2. The first-order valence-corrected chi connectivity index (χ1v) is 9.00. The first-order chi connectivity index (χ1) is 9.66. The first kappa shape index (κ1) is 14.5. The zero-order valence-electron chi connectivity index (χ0n) is 10.4. The summed E-state index contributed by atoms with van der Waals surface area (Å²) in [6.07, 6.45) is 0. The maximum Gasteiger partial charge on any atom is 0.112 e. The van der Waals surface area contributed by atoms with Crippen molar-refractivity contribution in [3.63, 3.8) is 0 Å². The van der Waals surface area contributed by atoms with Crippen LogP contribution in [0.5, 0.6) is 0 Å². The molecule has 3 rings (SSSR count). The van der Waals surface area contributed by atoms with Gasteiger partial charge in [0.15, 0.2) is 0 Å². The summed E-state index contributed by atoms with van der Waals surface area (Å²) < 4.78 is 1.26. The quantitative estimate of drug-likeness (QED) is 0.296. The predicted octanol–water partition coefficient (Wildman–Crippen LogP) is 6.29. The Morgan fingerprint density at radius 1 is 0.950 bits per heavy atom. The molecule has 1 nitrogen and oxygen atoms in total. The van der Waals surface area contributed by atoms with Crippen LogP contribution in [-0.4, -0.2) is 4.98 Å². The number of benzene rings is 2. The molecule has 0 unspecified atom stereocenters. The van der Waals surface area contributed by atoms with Crippen molar-refractivity contribution in [2.45, 2.75) is 3.74 Å².